The second-order valence-electron chi connectivity index (χ2n) is 4.75. The number of benzene rings is 1. The summed E-state index contributed by atoms with van der Waals surface area (Å²) >= 11 is 5.76. The molecule has 15 heavy (non-hydrogen) atoms. The van der Waals surface area contributed by atoms with Crippen molar-refractivity contribution in [1.82, 2.24) is 0 Å². The molecule has 0 aromatic heterocycles. The van der Waals surface area contributed by atoms with Gasteiger partial charge in [0.1, 0.15) is 5.82 Å². The Bertz CT molecular complexity index is 354. The van der Waals surface area contributed by atoms with Crippen LogP contribution >= 0.6 is 11.6 Å². The Kier molecular flexibility index (Phi) is 3.01. The van der Waals surface area contributed by atoms with Crippen LogP contribution in [0.1, 0.15) is 44.6 Å². The zero-order chi connectivity index (χ0) is 10.9. The van der Waals surface area contributed by atoms with E-state index in [-0.39, 0.29) is 11.2 Å². The Morgan fingerprint density at radius 3 is 2.47 bits per heavy atom. The third kappa shape index (κ3) is 2.17. The van der Waals surface area contributed by atoms with Gasteiger partial charge in [-0.1, -0.05) is 43.9 Å². The molecule has 0 nitrogen and oxygen atoms in total. The number of rotatable bonds is 1. The van der Waals surface area contributed by atoms with Gasteiger partial charge in [-0.2, -0.15) is 0 Å². The lowest BCUT2D eigenvalue weighted by Gasteiger charge is -2.34. The van der Waals surface area contributed by atoms with Crippen molar-refractivity contribution in [2.75, 3.05) is 0 Å². The summed E-state index contributed by atoms with van der Waals surface area (Å²) in [6.45, 7) is 2.17. The quantitative estimate of drug-likeness (QED) is 0.651. The highest BCUT2D eigenvalue weighted by molar-refractivity contribution is 6.30. The van der Waals surface area contributed by atoms with Crippen LogP contribution < -0.4 is 0 Å². The van der Waals surface area contributed by atoms with Gasteiger partial charge in [0.2, 0.25) is 0 Å². The molecular formula is C13H16ClF. The van der Waals surface area contributed by atoms with Gasteiger partial charge in [-0.3, -0.25) is 0 Å². The van der Waals surface area contributed by atoms with Gasteiger partial charge in [0.05, 0.1) is 0 Å². The largest absolute Gasteiger partial charge is 0.207 e. The van der Waals surface area contributed by atoms with Crippen LogP contribution in [0.4, 0.5) is 4.39 Å². The summed E-state index contributed by atoms with van der Waals surface area (Å²) in [5.74, 6) is -0.146. The molecule has 0 radical (unpaired) electrons. The lowest BCUT2D eigenvalue weighted by Crippen LogP contribution is -2.26. The standard InChI is InChI=1S/C13H16ClF/c1-13(7-3-2-4-8-13)11-6-5-10(14)9-12(11)15/h5-6,9H,2-4,7-8H2,1H3. The second-order valence-corrected chi connectivity index (χ2v) is 5.18. The maximum Gasteiger partial charge on any atom is 0.128 e. The van der Waals surface area contributed by atoms with Crippen molar-refractivity contribution < 1.29 is 4.39 Å². The van der Waals surface area contributed by atoms with E-state index in [0.717, 1.165) is 18.4 Å². The normalized spacial score (nSPS) is 20.2. The molecular weight excluding hydrogens is 211 g/mol. The van der Waals surface area contributed by atoms with E-state index < -0.39 is 0 Å². The van der Waals surface area contributed by atoms with Crippen molar-refractivity contribution in [2.45, 2.75) is 44.4 Å². The summed E-state index contributed by atoms with van der Waals surface area (Å²) in [7, 11) is 0. The molecule has 2 heteroatoms. The van der Waals surface area contributed by atoms with E-state index in [2.05, 4.69) is 6.92 Å². The molecule has 0 saturated heterocycles. The molecule has 0 N–H and O–H groups in total. The molecule has 0 unspecified atom stereocenters. The van der Waals surface area contributed by atoms with Gasteiger partial charge in [0, 0.05) is 5.02 Å². The summed E-state index contributed by atoms with van der Waals surface area (Å²) in [5, 5.41) is 0.482. The van der Waals surface area contributed by atoms with Crippen LogP contribution in [0.2, 0.25) is 5.02 Å². The fourth-order valence-electron chi connectivity index (χ4n) is 2.58. The summed E-state index contributed by atoms with van der Waals surface area (Å²) in [6.07, 6.45) is 5.87. The van der Waals surface area contributed by atoms with Crippen LogP contribution in [0, 0.1) is 5.82 Å². The van der Waals surface area contributed by atoms with Crippen LogP contribution in [-0.2, 0) is 5.41 Å². The molecule has 2 rings (SSSR count). The van der Waals surface area contributed by atoms with Gasteiger partial charge in [-0.05, 0) is 36.0 Å². The summed E-state index contributed by atoms with van der Waals surface area (Å²) < 4.78 is 13.8. The Balaban J connectivity index is 2.35. The molecule has 0 spiro atoms. The van der Waals surface area contributed by atoms with Crippen LogP contribution in [0.5, 0.6) is 0 Å². The maximum absolute atomic E-state index is 13.8. The average Bonchev–Trinajstić information content (AvgIpc) is 2.18. The molecule has 1 aromatic rings. The first-order chi connectivity index (χ1) is 7.12. The van der Waals surface area contributed by atoms with E-state index in [1.165, 1.54) is 25.3 Å². The number of halogens is 2. The van der Waals surface area contributed by atoms with Crippen molar-refractivity contribution in [2.24, 2.45) is 0 Å². The molecule has 0 amide bonds. The SMILES string of the molecule is CC1(c2ccc(Cl)cc2F)CCCCC1. The highest BCUT2D eigenvalue weighted by Gasteiger charge is 2.30. The van der Waals surface area contributed by atoms with Crippen molar-refractivity contribution >= 4 is 11.6 Å². The fourth-order valence-corrected chi connectivity index (χ4v) is 2.74. The Morgan fingerprint density at radius 2 is 1.87 bits per heavy atom. The van der Waals surface area contributed by atoms with Gasteiger partial charge in [-0.15, -0.1) is 0 Å². The molecule has 1 fully saturated rings. The van der Waals surface area contributed by atoms with E-state index >= 15 is 0 Å². The minimum atomic E-state index is -0.146. The monoisotopic (exact) mass is 226 g/mol. The van der Waals surface area contributed by atoms with Crippen molar-refractivity contribution in [1.29, 1.82) is 0 Å². The lowest BCUT2D eigenvalue weighted by molar-refractivity contribution is 0.309. The van der Waals surface area contributed by atoms with Gasteiger partial charge in [0.25, 0.3) is 0 Å². The van der Waals surface area contributed by atoms with Crippen LogP contribution in [0.3, 0.4) is 0 Å². The van der Waals surface area contributed by atoms with Crippen LogP contribution in [-0.4, -0.2) is 0 Å². The molecule has 1 aliphatic carbocycles. The molecule has 0 atom stereocenters. The molecule has 1 saturated carbocycles. The van der Waals surface area contributed by atoms with E-state index in [4.69, 9.17) is 11.6 Å². The first-order valence-corrected chi connectivity index (χ1v) is 5.95. The van der Waals surface area contributed by atoms with E-state index in [9.17, 15) is 4.39 Å². The summed E-state index contributed by atoms with van der Waals surface area (Å²) in [5.41, 5.74) is 0.860. The summed E-state index contributed by atoms with van der Waals surface area (Å²) in [4.78, 5) is 0. The topological polar surface area (TPSA) is 0 Å². The Morgan fingerprint density at radius 1 is 1.20 bits per heavy atom. The van der Waals surface area contributed by atoms with E-state index in [0.29, 0.717) is 5.02 Å². The predicted octanol–water partition coefficient (Wildman–Crippen LogP) is 4.70. The minimum Gasteiger partial charge on any atom is -0.207 e. The molecule has 0 aliphatic heterocycles. The highest BCUT2D eigenvalue weighted by atomic mass is 35.5. The second kappa shape index (κ2) is 4.13. The van der Waals surface area contributed by atoms with E-state index in [1.807, 2.05) is 6.07 Å². The fraction of sp³-hybridized carbons (Fsp3) is 0.538. The van der Waals surface area contributed by atoms with Crippen LogP contribution in [0.15, 0.2) is 18.2 Å². The minimum absolute atomic E-state index is 0.0208. The van der Waals surface area contributed by atoms with Gasteiger partial charge < -0.3 is 0 Å². The molecule has 1 aromatic carbocycles. The molecule has 1 aliphatic rings. The van der Waals surface area contributed by atoms with Gasteiger partial charge >= 0.3 is 0 Å². The zero-order valence-electron chi connectivity index (χ0n) is 9.02. The molecule has 0 bridgehead atoms. The third-order valence-corrected chi connectivity index (χ3v) is 3.77. The lowest BCUT2D eigenvalue weighted by atomic mass is 9.71. The van der Waals surface area contributed by atoms with Gasteiger partial charge in [-0.25, -0.2) is 4.39 Å². The Hall–Kier alpha value is -0.560. The van der Waals surface area contributed by atoms with Crippen molar-refractivity contribution in [3.63, 3.8) is 0 Å². The first kappa shape index (κ1) is 10.9. The van der Waals surface area contributed by atoms with Crippen molar-refractivity contribution in [3.05, 3.63) is 34.6 Å². The predicted molar refractivity (Wildman–Crippen MR) is 61.8 cm³/mol. The summed E-state index contributed by atoms with van der Waals surface area (Å²) in [6, 6.07) is 5.07. The first-order valence-electron chi connectivity index (χ1n) is 5.57. The van der Waals surface area contributed by atoms with Crippen LogP contribution in [0.25, 0.3) is 0 Å². The number of hydrogen-bond donors (Lipinski definition) is 0. The third-order valence-electron chi connectivity index (χ3n) is 3.54. The zero-order valence-corrected chi connectivity index (χ0v) is 9.78. The molecule has 0 heterocycles. The van der Waals surface area contributed by atoms with Crippen molar-refractivity contribution in [3.8, 4) is 0 Å². The van der Waals surface area contributed by atoms with E-state index in [1.54, 1.807) is 6.07 Å². The highest BCUT2D eigenvalue weighted by Crippen LogP contribution is 2.40. The maximum atomic E-state index is 13.8. The average molecular weight is 227 g/mol. The smallest absolute Gasteiger partial charge is 0.128 e. The molecule has 82 valence electrons. The Labute approximate surface area is 95.4 Å². The van der Waals surface area contributed by atoms with Gasteiger partial charge in [0.15, 0.2) is 0 Å². The number of hydrogen-bond acceptors (Lipinski definition) is 0.